The molecule has 1 aliphatic rings. The van der Waals surface area contributed by atoms with Crippen molar-refractivity contribution in [1.29, 1.82) is 0 Å². The second kappa shape index (κ2) is 4.51. The van der Waals surface area contributed by atoms with Crippen molar-refractivity contribution in [2.24, 2.45) is 0 Å². The molecule has 0 aromatic heterocycles. The number of hydrogen-bond acceptors (Lipinski definition) is 4. The molecule has 1 heterocycles. The fourth-order valence-electron chi connectivity index (χ4n) is 1.85. The van der Waals surface area contributed by atoms with Gasteiger partial charge in [-0.15, -0.1) is 0 Å². The van der Waals surface area contributed by atoms with Gasteiger partial charge in [-0.1, -0.05) is 18.2 Å². The van der Waals surface area contributed by atoms with E-state index in [0.717, 1.165) is 5.56 Å². The number of carboxylic acid groups (broad SMARTS) is 1. The molecule has 0 radical (unpaired) electrons. The summed E-state index contributed by atoms with van der Waals surface area (Å²) in [5, 5.41) is 8.67. The first kappa shape index (κ1) is 12.7. The molecule has 1 N–H and O–H groups in total. The lowest BCUT2D eigenvalue weighted by molar-refractivity contribution is -0.139. The van der Waals surface area contributed by atoms with Crippen LogP contribution in [0.25, 0.3) is 0 Å². The first-order chi connectivity index (χ1) is 8.39. The highest BCUT2D eigenvalue weighted by Gasteiger charge is 2.33. The summed E-state index contributed by atoms with van der Waals surface area (Å²) in [5.74, 6) is -3.04. The third-order valence-corrected chi connectivity index (χ3v) is 2.72. The quantitative estimate of drug-likeness (QED) is 0.654. The number of ether oxygens (including phenoxy) is 2. The lowest BCUT2D eigenvalue weighted by Gasteiger charge is -2.17. The smallest absolute Gasteiger partial charge is 0.377 e. The number of ketones is 1. The topological polar surface area (TPSA) is 72.8 Å². The Balaban J connectivity index is 2.23. The molecular formula is C13H14O5. The lowest BCUT2D eigenvalue weighted by Crippen LogP contribution is -2.19. The van der Waals surface area contributed by atoms with Crippen LogP contribution in [0.4, 0.5) is 0 Å². The number of carbonyl (C=O) groups excluding carboxylic acids is 1. The zero-order chi connectivity index (χ0) is 13.3. The Morgan fingerprint density at radius 3 is 2.67 bits per heavy atom. The molecule has 1 aromatic carbocycles. The van der Waals surface area contributed by atoms with Crippen LogP contribution in [0.3, 0.4) is 0 Å². The molecule has 0 amide bonds. The molecule has 1 aromatic rings. The van der Waals surface area contributed by atoms with E-state index in [1.807, 2.05) is 0 Å². The molecule has 96 valence electrons. The van der Waals surface area contributed by atoms with Crippen molar-refractivity contribution in [3.63, 3.8) is 0 Å². The summed E-state index contributed by atoms with van der Waals surface area (Å²) >= 11 is 0. The summed E-state index contributed by atoms with van der Waals surface area (Å²) in [4.78, 5) is 22.0. The Labute approximate surface area is 104 Å². The summed E-state index contributed by atoms with van der Waals surface area (Å²) in [5.41, 5.74) is 0.890. The second-order valence-electron chi connectivity index (χ2n) is 4.58. The molecule has 1 saturated heterocycles. The van der Waals surface area contributed by atoms with Gasteiger partial charge in [0.25, 0.3) is 5.78 Å². The van der Waals surface area contributed by atoms with Crippen molar-refractivity contribution in [2.45, 2.75) is 25.7 Å². The normalized spacial score (nSPS) is 21.8. The van der Waals surface area contributed by atoms with E-state index in [4.69, 9.17) is 14.6 Å². The molecule has 5 nitrogen and oxygen atoms in total. The predicted molar refractivity (Wildman–Crippen MR) is 62.3 cm³/mol. The van der Waals surface area contributed by atoms with Gasteiger partial charge in [-0.25, -0.2) is 4.79 Å². The molecule has 0 saturated carbocycles. The molecule has 1 fully saturated rings. The van der Waals surface area contributed by atoms with E-state index in [1.54, 1.807) is 26.0 Å². The van der Waals surface area contributed by atoms with Crippen LogP contribution in [0.15, 0.2) is 24.3 Å². The van der Waals surface area contributed by atoms with Crippen LogP contribution in [-0.2, 0) is 14.3 Å². The Morgan fingerprint density at radius 1 is 1.39 bits per heavy atom. The highest BCUT2D eigenvalue weighted by atomic mass is 16.7. The molecular weight excluding hydrogens is 236 g/mol. The summed E-state index contributed by atoms with van der Waals surface area (Å²) in [6.07, 6.45) is -0.276. The van der Waals surface area contributed by atoms with Gasteiger partial charge in [0.1, 0.15) is 6.10 Å². The van der Waals surface area contributed by atoms with E-state index in [0.29, 0.717) is 6.61 Å². The molecule has 0 bridgehead atoms. The number of carbonyl (C=O) groups is 2. The Hall–Kier alpha value is -1.72. The van der Waals surface area contributed by atoms with Gasteiger partial charge in [0.2, 0.25) is 0 Å². The van der Waals surface area contributed by atoms with Crippen molar-refractivity contribution in [2.75, 3.05) is 6.61 Å². The van der Waals surface area contributed by atoms with Crippen LogP contribution >= 0.6 is 0 Å². The molecule has 0 spiro atoms. The number of hydrogen-bond donors (Lipinski definition) is 1. The van der Waals surface area contributed by atoms with E-state index < -0.39 is 17.5 Å². The summed E-state index contributed by atoms with van der Waals surface area (Å²) in [6, 6.07) is 6.43. The maximum absolute atomic E-state index is 11.4. The van der Waals surface area contributed by atoms with Crippen LogP contribution in [0.5, 0.6) is 0 Å². The van der Waals surface area contributed by atoms with E-state index in [9.17, 15) is 9.59 Å². The van der Waals surface area contributed by atoms with E-state index in [2.05, 4.69) is 0 Å². The highest BCUT2D eigenvalue weighted by molar-refractivity contribution is 6.39. The van der Waals surface area contributed by atoms with Gasteiger partial charge in [0, 0.05) is 5.56 Å². The zero-order valence-electron chi connectivity index (χ0n) is 10.2. The van der Waals surface area contributed by atoms with Gasteiger partial charge in [-0.3, -0.25) is 4.79 Å². The van der Waals surface area contributed by atoms with Gasteiger partial charge in [-0.05, 0) is 25.5 Å². The fraction of sp³-hybridized carbons (Fsp3) is 0.385. The first-order valence-electron chi connectivity index (χ1n) is 5.58. The Kier molecular flexibility index (Phi) is 3.19. The number of benzene rings is 1. The van der Waals surface area contributed by atoms with E-state index in [-0.39, 0.29) is 11.7 Å². The van der Waals surface area contributed by atoms with E-state index >= 15 is 0 Å². The van der Waals surface area contributed by atoms with Crippen molar-refractivity contribution >= 4 is 11.8 Å². The summed E-state index contributed by atoms with van der Waals surface area (Å²) < 4.78 is 11.1. The standard InChI is InChI=1S/C13H14O5/c1-13(2)17-7-10(18-13)8-4-3-5-9(6-8)11(14)12(15)16/h3-6,10H,7H2,1-2H3,(H,15,16). The molecule has 2 rings (SSSR count). The van der Waals surface area contributed by atoms with Crippen LogP contribution in [0.2, 0.25) is 0 Å². The van der Waals surface area contributed by atoms with Crippen LogP contribution in [-0.4, -0.2) is 29.3 Å². The number of Topliss-reactive ketones (excluding diaryl/α,β-unsaturated/α-hetero) is 1. The van der Waals surface area contributed by atoms with Crippen LogP contribution < -0.4 is 0 Å². The second-order valence-corrected chi connectivity index (χ2v) is 4.58. The van der Waals surface area contributed by atoms with Crippen molar-refractivity contribution in [1.82, 2.24) is 0 Å². The van der Waals surface area contributed by atoms with Crippen molar-refractivity contribution < 1.29 is 24.2 Å². The third kappa shape index (κ3) is 2.57. The molecule has 1 atom stereocenters. The monoisotopic (exact) mass is 250 g/mol. The van der Waals surface area contributed by atoms with Crippen molar-refractivity contribution in [3.8, 4) is 0 Å². The van der Waals surface area contributed by atoms with Crippen LogP contribution in [0, 0.1) is 0 Å². The minimum absolute atomic E-state index is 0.147. The number of rotatable bonds is 3. The Morgan fingerprint density at radius 2 is 2.11 bits per heavy atom. The zero-order valence-corrected chi connectivity index (χ0v) is 10.2. The minimum atomic E-state index is -1.46. The van der Waals surface area contributed by atoms with Crippen molar-refractivity contribution in [3.05, 3.63) is 35.4 Å². The fourth-order valence-corrected chi connectivity index (χ4v) is 1.85. The Bertz CT molecular complexity index is 492. The van der Waals surface area contributed by atoms with Gasteiger partial charge < -0.3 is 14.6 Å². The number of carboxylic acids is 1. The van der Waals surface area contributed by atoms with Crippen LogP contribution in [0.1, 0.15) is 35.9 Å². The van der Waals surface area contributed by atoms with Gasteiger partial charge >= 0.3 is 5.97 Å². The molecule has 0 aliphatic carbocycles. The maximum atomic E-state index is 11.4. The molecule has 1 unspecified atom stereocenters. The van der Waals surface area contributed by atoms with Gasteiger partial charge in [0.15, 0.2) is 5.79 Å². The van der Waals surface area contributed by atoms with E-state index in [1.165, 1.54) is 12.1 Å². The average molecular weight is 250 g/mol. The van der Waals surface area contributed by atoms with Gasteiger partial charge in [0.05, 0.1) is 6.61 Å². The molecule has 18 heavy (non-hydrogen) atoms. The third-order valence-electron chi connectivity index (χ3n) is 2.72. The predicted octanol–water partition coefficient (Wildman–Crippen LogP) is 1.78. The first-order valence-corrected chi connectivity index (χ1v) is 5.58. The maximum Gasteiger partial charge on any atom is 0.377 e. The lowest BCUT2D eigenvalue weighted by atomic mass is 10.0. The average Bonchev–Trinajstić information content (AvgIpc) is 2.69. The summed E-state index contributed by atoms with van der Waals surface area (Å²) in [6.45, 7) is 4.00. The molecule has 1 aliphatic heterocycles. The highest BCUT2D eigenvalue weighted by Crippen LogP contribution is 2.32. The summed E-state index contributed by atoms with van der Waals surface area (Å²) in [7, 11) is 0. The SMILES string of the molecule is CC1(C)OCC(c2cccc(C(=O)C(=O)O)c2)O1. The van der Waals surface area contributed by atoms with Gasteiger partial charge in [-0.2, -0.15) is 0 Å². The minimum Gasteiger partial charge on any atom is -0.475 e. The molecule has 5 heteroatoms. The largest absolute Gasteiger partial charge is 0.475 e. The number of aliphatic carboxylic acids is 1.